The summed E-state index contributed by atoms with van der Waals surface area (Å²) in [6.07, 6.45) is 4.35. The Kier molecular flexibility index (Phi) is 5.24. The molecule has 7 nitrogen and oxygen atoms in total. The van der Waals surface area contributed by atoms with Gasteiger partial charge in [0.2, 0.25) is 0 Å². The van der Waals surface area contributed by atoms with Crippen molar-refractivity contribution >= 4 is 17.3 Å². The number of fused-ring (bicyclic) bond motifs is 1. The number of carbonyl (C=O) groups is 1. The fourth-order valence-electron chi connectivity index (χ4n) is 3.48. The number of likely N-dealkylation sites (tertiary alicyclic amines) is 1. The summed E-state index contributed by atoms with van der Waals surface area (Å²) in [6, 6.07) is 4.25. The number of hydrogen-bond acceptors (Lipinski definition) is 6. The molecule has 0 atom stereocenters. The van der Waals surface area contributed by atoms with Crippen LogP contribution in [0.1, 0.15) is 24.2 Å². The Hall–Kier alpha value is -2.12. The highest BCUT2D eigenvalue weighted by atomic mass is 16.5. The van der Waals surface area contributed by atoms with Crippen molar-refractivity contribution in [3.8, 4) is 0 Å². The highest BCUT2D eigenvalue weighted by Gasteiger charge is 2.23. The fourth-order valence-corrected chi connectivity index (χ4v) is 3.48. The van der Waals surface area contributed by atoms with Gasteiger partial charge >= 0.3 is 5.97 Å². The van der Waals surface area contributed by atoms with Crippen LogP contribution in [0.3, 0.4) is 0 Å². The van der Waals surface area contributed by atoms with Crippen molar-refractivity contribution < 1.29 is 9.53 Å². The Labute approximate surface area is 148 Å². The minimum absolute atomic E-state index is 0.175. The van der Waals surface area contributed by atoms with Gasteiger partial charge in [-0.1, -0.05) is 0 Å². The molecule has 136 valence electrons. The number of methoxy groups -OCH3 is 1. The first kappa shape index (κ1) is 17.7. The van der Waals surface area contributed by atoms with Crippen molar-refractivity contribution in [1.29, 1.82) is 0 Å². The summed E-state index contributed by atoms with van der Waals surface area (Å²) < 4.78 is 6.83. The summed E-state index contributed by atoms with van der Waals surface area (Å²) in [5.74, 6) is -0.278. The van der Waals surface area contributed by atoms with Gasteiger partial charge in [-0.05, 0) is 52.2 Å². The lowest BCUT2D eigenvalue weighted by atomic mass is 10.0. The summed E-state index contributed by atoms with van der Waals surface area (Å²) in [5.41, 5.74) is 9.21. The molecule has 0 aromatic carbocycles. The van der Waals surface area contributed by atoms with Crippen LogP contribution in [-0.4, -0.2) is 65.5 Å². The maximum absolute atomic E-state index is 11.8. The van der Waals surface area contributed by atoms with E-state index in [9.17, 15) is 4.79 Å². The Morgan fingerprint density at radius 1 is 1.40 bits per heavy atom. The van der Waals surface area contributed by atoms with Crippen LogP contribution in [0.15, 0.2) is 18.3 Å². The van der Waals surface area contributed by atoms with Gasteiger partial charge in [-0.2, -0.15) is 0 Å². The van der Waals surface area contributed by atoms with Crippen LogP contribution < -0.4 is 5.73 Å². The molecule has 0 saturated carbocycles. The van der Waals surface area contributed by atoms with Gasteiger partial charge in [-0.3, -0.25) is 9.69 Å². The number of carbonyl (C=O) groups excluding carboxylic acids is 1. The average molecular weight is 345 g/mol. The second kappa shape index (κ2) is 7.41. The molecular weight excluding hydrogens is 318 g/mol. The van der Waals surface area contributed by atoms with E-state index in [1.54, 1.807) is 0 Å². The zero-order valence-electron chi connectivity index (χ0n) is 15.2. The van der Waals surface area contributed by atoms with E-state index in [0.29, 0.717) is 11.7 Å². The smallest absolute Gasteiger partial charge is 0.311 e. The van der Waals surface area contributed by atoms with Crippen molar-refractivity contribution in [2.45, 2.75) is 31.8 Å². The first-order valence-electron chi connectivity index (χ1n) is 8.69. The van der Waals surface area contributed by atoms with Crippen molar-refractivity contribution in [2.75, 3.05) is 40.0 Å². The third-order valence-electron chi connectivity index (χ3n) is 5.07. The first-order chi connectivity index (χ1) is 12.0. The van der Waals surface area contributed by atoms with E-state index in [1.807, 2.05) is 22.7 Å². The Bertz CT molecular complexity index is 749. The molecule has 3 rings (SSSR count). The first-order valence-corrected chi connectivity index (χ1v) is 8.69. The molecule has 7 heteroatoms. The van der Waals surface area contributed by atoms with E-state index in [0.717, 1.165) is 49.5 Å². The molecule has 3 heterocycles. The SMILES string of the molecule is COC(=O)Cc1nc2ccc(N)cn2c1CN(C)C1CCN(C)CC1. The maximum atomic E-state index is 11.8. The molecule has 0 aliphatic carbocycles. The van der Waals surface area contributed by atoms with E-state index in [-0.39, 0.29) is 12.4 Å². The molecule has 0 spiro atoms. The summed E-state index contributed by atoms with van der Waals surface area (Å²) >= 11 is 0. The van der Waals surface area contributed by atoms with Gasteiger partial charge in [0.25, 0.3) is 0 Å². The van der Waals surface area contributed by atoms with Crippen LogP contribution in [0.2, 0.25) is 0 Å². The van der Waals surface area contributed by atoms with Crippen LogP contribution in [0.5, 0.6) is 0 Å². The molecule has 1 aliphatic heterocycles. The predicted molar refractivity (Wildman–Crippen MR) is 97.3 cm³/mol. The number of pyridine rings is 1. The minimum atomic E-state index is -0.278. The molecule has 0 amide bonds. The lowest BCUT2D eigenvalue weighted by molar-refractivity contribution is -0.139. The van der Waals surface area contributed by atoms with Gasteiger partial charge in [0.15, 0.2) is 0 Å². The number of ether oxygens (including phenoxy) is 1. The predicted octanol–water partition coefficient (Wildman–Crippen LogP) is 1.16. The van der Waals surface area contributed by atoms with E-state index >= 15 is 0 Å². The highest BCUT2D eigenvalue weighted by molar-refractivity contribution is 5.72. The monoisotopic (exact) mass is 345 g/mol. The molecule has 2 aromatic rings. The molecular formula is C18H27N5O2. The minimum Gasteiger partial charge on any atom is -0.469 e. The van der Waals surface area contributed by atoms with Gasteiger partial charge in [-0.15, -0.1) is 0 Å². The number of aromatic nitrogens is 2. The average Bonchev–Trinajstić information content (AvgIpc) is 2.92. The lowest BCUT2D eigenvalue weighted by Gasteiger charge is -2.35. The summed E-state index contributed by atoms with van der Waals surface area (Å²) in [5, 5.41) is 0. The van der Waals surface area contributed by atoms with Crippen molar-refractivity contribution in [3.05, 3.63) is 29.7 Å². The molecule has 2 aromatic heterocycles. The second-order valence-electron chi connectivity index (χ2n) is 6.90. The largest absolute Gasteiger partial charge is 0.469 e. The summed E-state index contributed by atoms with van der Waals surface area (Å²) in [6.45, 7) is 2.96. The van der Waals surface area contributed by atoms with Crippen LogP contribution in [0.25, 0.3) is 5.65 Å². The lowest BCUT2D eigenvalue weighted by Crippen LogP contribution is -2.41. The normalized spacial score (nSPS) is 16.6. The Morgan fingerprint density at radius 3 is 2.80 bits per heavy atom. The van der Waals surface area contributed by atoms with Crippen molar-refractivity contribution in [3.63, 3.8) is 0 Å². The number of rotatable bonds is 5. The Balaban J connectivity index is 1.88. The van der Waals surface area contributed by atoms with Crippen LogP contribution >= 0.6 is 0 Å². The highest BCUT2D eigenvalue weighted by Crippen LogP contribution is 2.21. The van der Waals surface area contributed by atoms with E-state index < -0.39 is 0 Å². The van der Waals surface area contributed by atoms with Gasteiger partial charge in [0.05, 0.1) is 24.9 Å². The molecule has 0 unspecified atom stereocenters. The maximum Gasteiger partial charge on any atom is 0.311 e. The van der Waals surface area contributed by atoms with E-state index in [4.69, 9.17) is 10.5 Å². The summed E-state index contributed by atoms with van der Waals surface area (Å²) in [7, 11) is 5.71. The number of nitrogens with two attached hydrogens (primary N) is 1. The molecule has 1 saturated heterocycles. The van der Waals surface area contributed by atoms with Crippen molar-refractivity contribution in [2.24, 2.45) is 0 Å². The van der Waals surface area contributed by atoms with Gasteiger partial charge in [0.1, 0.15) is 5.65 Å². The Morgan fingerprint density at radius 2 is 2.12 bits per heavy atom. The topological polar surface area (TPSA) is 76.1 Å². The zero-order valence-corrected chi connectivity index (χ0v) is 15.2. The summed E-state index contributed by atoms with van der Waals surface area (Å²) in [4.78, 5) is 21.1. The second-order valence-corrected chi connectivity index (χ2v) is 6.90. The number of anilines is 1. The molecule has 0 radical (unpaired) electrons. The number of hydrogen-bond donors (Lipinski definition) is 1. The quantitative estimate of drug-likeness (QED) is 0.820. The number of imidazole rings is 1. The van der Waals surface area contributed by atoms with Gasteiger partial charge in [0, 0.05) is 24.5 Å². The van der Waals surface area contributed by atoms with Crippen LogP contribution in [-0.2, 0) is 22.5 Å². The fraction of sp³-hybridized carbons (Fsp3) is 0.556. The van der Waals surface area contributed by atoms with Gasteiger partial charge in [-0.25, -0.2) is 4.98 Å². The number of esters is 1. The third kappa shape index (κ3) is 3.93. The number of nitrogen functional groups attached to an aromatic ring is 1. The van der Waals surface area contributed by atoms with Crippen LogP contribution in [0.4, 0.5) is 5.69 Å². The number of piperidine rings is 1. The molecule has 0 bridgehead atoms. The molecule has 25 heavy (non-hydrogen) atoms. The van der Waals surface area contributed by atoms with Gasteiger partial charge < -0.3 is 19.8 Å². The van der Waals surface area contributed by atoms with Crippen molar-refractivity contribution in [1.82, 2.24) is 19.2 Å². The standard InChI is InChI=1S/C18H27N5O2/c1-21-8-6-14(7-9-21)22(2)12-16-15(10-18(24)25-3)20-17-5-4-13(19)11-23(16)17/h4-5,11,14H,6-10,12,19H2,1-3H3. The molecule has 1 fully saturated rings. The molecule has 1 aliphatic rings. The number of nitrogens with zero attached hydrogens (tertiary/aromatic N) is 4. The zero-order chi connectivity index (χ0) is 18.0. The van der Waals surface area contributed by atoms with E-state index in [2.05, 4.69) is 28.9 Å². The van der Waals surface area contributed by atoms with E-state index in [1.165, 1.54) is 7.11 Å². The van der Waals surface area contributed by atoms with Crippen LogP contribution in [0, 0.1) is 0 Å². The third-order valence-corrected chi connectivity index (χ3v) is 5.07. The molecule has 2 N–H and O–H groups in total.